The van der Waals surface area contributed by atoms with Gasteiger partial charge in [0.2, 0.25) is 5.91 Å². The second-order valence-electron chi connectivity index (χ2n) is 4.83. The average molecular weight is 273 g/mol. The topological polar surface area (TPSA) is 66.7 Å². The molecule has 2 aromatic rings. The van der Waals surface area contributed by atoms with E-state index in [4.69, 9.17) is 4.42 Å². The summed E-state index contributed by atoms with van der Waals surface area (Å²) in [4.78, 5) is 31.2. The molecule has 6 nitrogen and oxygen atoms in total. The number of hydrogen-bond acceptors (Lipinski definition) is 4. The molecule has 0 bridgehead atoms. The van der Waals surface area contributed by atoms with E-state index in [9.17, 15) is 9.59 Å². The van der Waals surface area contributed by atoms with Crippen LogP contribution >= 0.6 is 0 Å². The molecule has 0 N–H and O–H groups in total. The lowest BCUT2D eigenvalue weighted by Crippen LogP contribution is -2.50. The quantitative estimate of drug-likeness (QED) is 0.781. The van der Waals surface area contributed by atoms with Gasteiger partial charge in [0.15, 0.2) is 12.0 Å². The molecular weight excluding hydrogens is 258 g/mol. The van der Waals surface area contributed by atoms with E-state index in [1.54, 1.807) is 34.9 Å². The Morgan fingerprint density at radius 3 is 2.55 bits per heavy atom. The van der Waals surface area contributed by atoms with Crippen molar-refractivity contribution in [2.24, 2.45) is 0 Å². The largest absolute Gasteiger partial charge is 0.443 e. The number of piperazine rings is 1. The molecule has 6 heteroatoms. The highest BCUT2D eigenvalue weighted by atomic mass is 16.3. The highest BCUT2D eigenvalue weighted by Gasteiger charge is 2.23. The fourth-order valence-corrected chi connectivity index (χ4v) is 2.40. The van der Waals surface area contributed by atoms with Crippen molar-refractivity contribution in [3.8, 4) is 0 Å². The van der Waals surface area contributed by atoms with E-state index >= 15 is 0 Å². The molecule has 104 valence electrons. The highest BCUT2D eigenvalue weighted by Crippen LogP contribution is 2.16. The lowest BCUT2D eigenvalue weighted by atomic mass is 10.1. The summed E-state index contributed by atoms with van der Waals surface area (Å²) in [6.07, 6.45) is 1.37. The van der Waals surface area contributed by atoms with Crippen LogP contribution in [0.5, 0.6) is 0 Å². The summed E-state index contributed by atoms with van der Waals surface area (Å²) >= 11 is 0. The van der Waals surface area contributed by atoms with Gasteiger partial charge in [-0.15, -0.1) is 0 Å². The number of oxazole rings is 1. The molecule has 2 heterocycles. The molecule has 0 spiro atoms. The summed E-state index contributed by atoms with van der Waals surface area (Å²) in [5.74, 6) is 0.0271. The molecule has 1 aliphatic rings. The van der Waals surface area contributed by atoms with Gasteiger partial charge in [-0.1, -0.05) is 0 Å². The Labute approximate surface area is 116 Å². The molecular formula is C14H15N3O3. The summed E-state index contributed by atoms with van der Waals surface area (Å²) in [7, 11) is 0. The van der Waals surface area contributed by atoms with Crippen LogP contribution in [0.2, 0.25) is 0 Å². The van der Waals surface area contributed by atoms with Crippen LogP contribution in [0.4, 0.5) is 0 Å². The van der Waals surface area contributed by atoms with Gasteiger partial charge < -0.3 is 14.2 Å². The molecule has 3 rings (SSSR count). The smallest absolute Gasteiger partial charge is 0.254 e. The number of benzene rings is 1. The fourth-order valence-electron chi connectivity index (χ4n) is 2.40. The second-order valence-corrected chi connectivity index (χ2v) is 4.83. The van der Waals surface area contributed by atoms with E-state index < -0.39 is 0 Å². The van der Waals surface area contributed by atoms with Crippen LogP contribution in [-0.2, 0) is 4.79 Å². The van der Waals surface area contributed by atoms with Crippen LogP contribution in [0.15, 0.2) is 29.0 Å². The van der Waals surface area contributed by atoms with Crippen LogP contribution in [0.3, 0.4) is 0 Å². The van der Waals surface area contributed by atoms with E-state index in [0.29, 0.717) is 42.8 Å². The van der Waals surface area contributed by atoms with Gasteiger partial charge >= 0.3 is 0 Å². The van der Waals surface area contributed by atoms with Crippen LogP contribution in [0.1, 0.15) is 17.3 Å². The molecule has 0 saturated carbocycles. The van der Waals surface area contributed by atoms with Crippen LogP contribution in [0, 0.1) is 0 Å². The van der Waals surface area contributed by atoms with Crippen molar-refractivity contribution in [1.82, 2.24) is 14.8 Å². The normalized spacial score (nSPS) is 15.7. The fraction of sp³-hybridized carbons (Fsp3) is 0.357. The first-order valence-corrected chi connectivity index (χ1v) is 6.53. The molecule has 1 saturated heterocycles. The Balaban J connectivity index is 1.74. The number of amides is 2. The van der Waals surface area contributed by atoms with E-state index in [1.807, 2.05) is 0 Å². The van der Waals surface area contributed by atoms with Gasteiger partial charge in [-0.05, 0) is 18.2 Å². The number of carbonyl (C=O) groups excluding carboxylic acids is 2. The van der Waals surface area contributed by atoms with Crippen molar-refractivity contribution in [1.29, 1.82) is 0 Å². The van der Waals surface area contributed by atoms with Crippen molar-refractivity contribution in [3.05, 3.63) is 30.2 Å². The summed E-state index contributed by atoms with van der Waals surface area (Å²) in [5.41, 5.74) is 1.95. The van der Waals surface area contributed by atoms with Crippen molar-refractivity contribution in [2.45, 2.75) is 6.92 Å². The summed E-state index contributed by atoms with van der Waals surface area (Å²) in [6.45, 7) is 3.86. The second kappa shape index (κ2) is 4.96. The minimum Gasteiger partial charge on any atom is -0.443 e. The number of carbonyl (C=O) groups is 2. The number of aromatic nitrogens is 1. The van der Waals surface area contributed by atoms with Crippen LogP contribution < -0.4 is 0 Å². The zero-order valence-electron chi connectivity index (χ0n) is 11.2. The predicted octanol–water partition coefficient (Wildman–Crippen LogP) is 1.13. The number of rotatable bonds is 1. The maximum Gasteiger partial charge on any atom is 0.254 e. The van der Waals surface area contributed by atoms with Gasteiger partial charge in [0.25, 0.3) is 5.91 Å². The maximum atomic E-state index is 12.4. The molecule has 1 aromatic carbocycles. The summed E-state index contributed by atoms with van der Waals surface area (Å²) in [6, 6.07) is 5.23. The SMILES string of the molecule is CC(=O)N1CCN(C(=O)c2ccc3ocnc3c2)CC1. The molecule has 1 aromatic heterocycles. The van der Waals surface area contributed by atoms with Crippen molar-refractivity contribution in [3.63, 3.8) is 0 Å². The Morgan fingerprint density at radius 1 is 1.15 bits per heavy atom. The monoisotopic (exact) mass is 273 g/mol. The zero-order valence-corrected chi connectivity index (χ0v) is 11.2. The Hall–Kier alpha value is -2.37. The summed E-state index contributed by atoms with van der Waals surface area (Å²) < 4.78 is 5.16. The standard InChI is InChI=1S/C14H15N3O3/c1-10(18)16-4-6-17(7-5-16)14(19)11-2-3-13-12(8-11)15-9-20-13/h2-3,8-9H,4-7H2,1H3. The number of hydrogen-bond donors (Lipinski definition) is 0. The molecule has 1 aliphatic heterocycles. The molecule has 0 atom stereocenters. The van der Waals surface area contributed by atoms with Crippen molar-refractivity contribution >= 4 is 22.9 Å². The van der Waals surface area contributed by atoms with E-state index in [-0.39, 0.29) is 11.8 Å². The zero-order chi connectivity index (χ0) is 14.1. The molecule has 1 fully saturated rings. The molecule has 0 unspecified atom stereocenters. The average Bonchev–Trinajstić information content (AvgIpc) is 2.94. The van der Waals surface area contributed by atoms with Crippen molar-refractivity contribution in [2.75, 3.05) is 26.2 Å². The van der Waals surface area contributed by atoms with Gasteiger partial charge in [0.05, 0.1) is 0 Å². The Bertz CT molecular complexity index is 656. The maximum absolute atomic E-state index is 12.4. The first kappa shape index (κ1) is 12.7. The molecule has 2 amide bonds. The number of nitrogens with zero attached hydrogens (tertiary/aromatic N) is 3. The van der Waals surface area contributed by atoms with E-state index in [1.165, 1.54) is 6.39 Å². The number of fused-ring (bicyclic) bond motifs is 1. The van der Waals surface area contributed by atoms with Gasteiger partial charge in [0.1, 0.15) is 5.52 Å². The highest BCUT2D eigenvalue weighted by molar-refractivity contribution is 5.97. The first-order valence-electron chi connectivity index (χ1n) is 6.53. The third kappa shape index (κ3) is 2.24. The van der Waals surface area contributed by atoms with Gasteiger partial charge in [-0.25, -0.2) is 4.98 Å². The lowest BCUT2D eigenvalue weighted by Gasteiger charge is -2.34. The Morgan fingerprint density at radius 2 is 1.85 bits per heavy atom. The van der Waals surface area contributed by atoms with Gasteiger partial charge in [-0.2, -0.15) is 0 Å². The third-order valence-electron chi connectivity index (χ3n) is 3.59. The van der Waals surface area contributed by atoms with Gasteiger partial charge in [0, 0.05) is 38.7 Å². The summed E-state index contributed by atoms with van der Waals surface area (Å²) in [5, 5.41) is 0. The van der Waals surface area contributed by atoms with E-state index in [2.05, 4.69) is 4.98 Å². The molecule has 20 heavy (non-hydrogen) atoms. The van der Waals surface area contributed by atoms with E-state index in [0.717, 1.165) is 0 Å². The van der Waals surface area contributed by atoms with Crippen LogP contribution in [-0.4, -0.2) is 52.8 Å². The first-order chi connectivity index (χ1) is 9.65. The lowest BCUT2D eigenvalue weighted by molar-refractivity contribution is -0.130. The minimum atomic E-state index is -0.0295. The van der Waals surface area contributed by atoms with Crippen molar-refractivity contribution < 1.29 is 14.0 Å². The Kier molecular flexibility index (Phi) is 3.14. The molecule has 0 radical (unpaired) electrons. The molecule has 0 aliphatic carbocycles. The minimum absolute atomic E-state index is 0.0295. The predicted molar refractivity (Wildman–Crippen MR) is 72.2 cm³/mol. The van der Waals surface area contributed by atoms with Crippen LogP contribution in [0.25, 0.3) is 11.1 Å². The third-order valence-corrected chi connectivity index (χ3v) is 3.59. The van der Waals surface area contributed by atoms with Gasteiger partial charge in [-0.3, -0.25) is 9.59 Å².